The van der Waals surface area contributed by atoms with Crippen molar-refractivity contribution in [3.8, 4) is 0 Å². The molecule has 5 nitrogen and oxygen atoms in total. The van der Waals surface area contributed by atoms with Crippen molar-refractivity contribution in [1.29, 1.82) is 0 Å². The monoisotopic (exact) mass is 317 g/mol. The van der Waals surface area contributed by atoms with Crippen molar-refractivity contribution < 1.29 is 17.9 Å². The lowest BCUT2D eigenvalue weighted by molar-refractivity contribution is -0.146. The summed E-state index contributed by atoms with van der Waals surface area (Å²) in [4.78, 5) is 11.6. The van der Waals surface area contributed by atoms with Gasteiger partial charge < -0.3 is 4.74 Å². The number of hydrogen-bond acceptors (Lipinski definition) is 4. The van der Waals surface area contributed by atoms with Crippen molar-refractivity contribution in [3.05, 3.63) is 29.3 Å². The first-order valence-electron chi connectivity index (χ1n) is 6.29. The van der Waals surface area contributed by atoms with E-state index in [1.807, 2.05) is 0 Å². The van der Waals surface area contributed by atoms with Crippen LogP contribution in [0, 0.1) is 5.92 Å². The normalized spacial score (nSPS) is 20.6. The second-order valence-corrected chi connectivity index (χ2v) is 6.97. The Morgan fingerprint density at radius 2 is 2.10 bits per heavy atom. The van der Waals surface area contributed by atoms with Gasteiger partial charge in [0.15, 0.2) is 0 Å². The highest BCUT2D eigenvalue weighted by molar-refractivity contribution is 7.89. The minimum atomic E-state index is -3.67. The summed E-state index contributed by atoms with van der Waals surface area (Å²) in [6, 6.07) is 6.31. The minimum Gasteiger partial charge on any atom is -0.469 e. The largest absolute Gasteiger partial charge is 0.469 e. The number of ether oxygens (including phenoxy) is 1. The zero-order chi connectivity index (χ0) is 14.8. The van der Waals surface area contributed by atoms with Crippen LogP contribution in [0.2, 0.25) is 5.02 Å². The van der Waals surface area contributed by atoms with E-state index >= 15 is 0 Å². The van der Waals surface area contributed by atoms with Crippen LogP contribution in [-0.2, 0) is 19.6 Å². The maximum atomic E-state index is 12.6. The second kappa shape index (κ2) is 6.11. The fraction of sp³-hybridized carbons (Fsp3) is 0.462. The van der Waals surface area contributed by atoms with Gasteiger partial charge in [-0.1, -0.05) is 23.7 Å². The van der Waals surface area contributed by atoms with Gasteiger partial charge in [0.05, 0.1) is 18.1 Å². The molecular weight excluding hydrogens is 302 g/mol. The molecule has 0 radical (unpaired) electrons. The predicted molar refractivity (Wildman–Crippen MR) is 75.0 cm³/mol. The molecule has 1 aromatic carbocycles. The fourth-order valence-corrected chi connectivity index (χ4v) is 4.33. The van der Waals surface area contributed by atoms with Crippen LogP contribution in [0.5, 0.6) is 0 Å². The van der Waals surface area contributed by atoms with Gasteiger partial charge in [0.25, 0.3) is 0 Å². The highest BCUT2D eigenvalue weighted by atomic mass is 35.5. The van der Waals surface area contributed by atoms with Gasteiger partial charge in [0.1, 0.15) is 4.90 Å². The number of carbonyl (C=O) groups excluding carboxylic acids is 1. The average Bonchev–Trinajstić information content (AvgIpc) is 2.47. The molecule has 1 aliphatic heterocycles. The molecule has 0 N–H and O–H groups in total. The van der Waals surface area contributed by atoms with E-state index < -0.39 is 15.9 Å². The highest BCUT2D eigenvalue weighted by Crippen LogP contribution is 2.28. The lowest BCUT2D eigenvalue weighted by Crippen LogP contribution is -2.42. The Hall–Kier alpha value is -1.11. The van der Waals surface area contributed by atoms with Crippen molar-refractivity contribution in [2.45, 2.75) is 17.7 Å². The van der Waals surface area contributed by atoms with Crippen molar-refractivity contribution >= 4 is 27.6 Å². The summed E-state index contributed by atoms with van der Waals surface area (Å²) in [5.41, 5.74) is 0. The molecule has 1 aliphatic rings. The summed E-state index contributed by atoms with van der Waals surface area (Å²) in [6.07, 6.45) is 1.27. The smallest absolute Gasteiger partial charge is 0.309 e. The van der Waals surface area contributed by atoms with Gasteiger partial charge in [0, 0.05) is 13.1 Å². The van der Waals surface area contributed by atoms with Crippen molar-refractivity contribution in [2.24, 2.45) is 5.92 Å². The van der Waals surface area contributed by atoms with Crippen LogP contribution in [0.3, 0.4) is 0 Å². The zero-order valence-electron chi connectivity index (χ0n) is 11.1. The van der Waals surface area contributed by atoms with E-state index in [9.17, 15) is 13.2 Å². The lowest BCUT2D eigenvalue weighted by atomic mass is 10.0. The number of carbonyl (C=O) groups is 1. The fourth-order valence-electron chi connectivity index (χ4n) is 2.31. The molecule has 1 heterocycles. The van der Waals surface area contributed by atoms with E-state index in [1.165, 1.54) is 23.5 Å². The maximum absolute atomic E-state index is 12.6. The Kier molecular flexibility index (Phi) is 4.67. The molecule has 0 unspecified atom stereocenters. The van der Waals surface area contributed by atoms with Gasteiger partial charge in [-0.15, -0.1) is 0 Å². The SMILES string of the molecule is COC(=O)[C@H]1CCCN(S(=O)(=O)c2ccccc2Cl)C1. The van der Waals surface area contributed by atoms with Gasteiger partial charge in [-0.05, 0) is 25.0 Å². The van der Waals surface area contributed by atoms with Crippen LogP contribution < -0.4 is 0 Å². The standard InChI is InChI=1S/C13H16ClNO4S/c1-19-13(16)10-5-4-8-15(9-10)20(17,18)12-7-3-2-6-11(12)14/h2-3,6-7,10H,4-5,8-9H2,1H3/t10-/m0/s1. The minimum absolute atomic E-state index is 0.0761. The third kappa shape index (κ3) is 2.97. The summed E-state index contributed by atoms with van der Waals surface area (Å²) in [5, 5.41) is 0.188. The molecule has 1 aromatic rings. The Labute approximate surface area is 123 Å². The molecule has 7 heteroatoms. The number of esters is 1. The summed E-state index contributed by atoms with van der Waals surface area (Å²) in [7, 11) is -2.36. The van der Waals surface area contributed by atoms with Gasteiger partial charge in [-0.2, -0.15) is 4.31 Å². The molecule has 0 spiro atoms. The molecule has 1 saturated heterocycles. The molecule has 110 valence electrons. The molecule has 1 atom stereocenters. The van der Waals surface area contributed by atoms with Gasteiger partial charge in [-0.25, -0.2) is 8.42 Å². The quantitative estimate of drug-likeness (QED) is 0.799. The number of hydrogen-bond donors (Lipinski definition) is 0. The highest BCUT2D eigenvalue weighted by Gasteiger charge is 2.34. The first-order valence-corrected chi connectivity index (χ1v) is 8.11. The van der Waals surface area contributed by atoms with E-state index in [1.54, 1.807) is 12.1 Å². The van der Waals surface area contributed by atoms with E-state index in [0.717, 1.165) is 0 Å². The van der Waals surface area contributed by atoms with Crippen molar-refractivity contribution in [1.82, 2.24) is 4.31 Å². The van der Waals surface area contributed by atoms with E-state index in [-0.39, 0.29) is 22.4 Å². The van der Waals surface area contributed by atoms with Crippen LogP contribution >= 0.6 is 11.6 Å². The number of halogens is 1. The number of nitrogens with zero attached hydrogens (tertiary/aromatic N) is 1. The Morgan fingerprint density at radius 3 is 2.75 bits per heavy atom. The molecule has 0 aromatic heterocycles. The first-order chi connectivity index (χ1) is 9.46. The summed E-state index contributed by atoms with van der Waals surface area (Å²) in [6.45, 7) is 0.529. The molecular formula is C13H16ClNO4S. The van der Waals surface area contributed by atoms with Crippen molar-refractivity contribution in [3.63, 3.8) is 0 Å². The van der Waals surface area contributed by atoms with E-state index in [4.69, 9.17) is 16.3 Å². The topological polar surface area (TPSA) is 63.7 Å². The van der Waals surface area contributed by atoms with Crippen molar-refractivity contribution in [2.75, 3.05) is 20.2 Å². The number of piperidine rings is 1. The number of rotatable bonds is 3. The molecule has 0 amide bonds. The van der Waals surface area contributed by atoms with E-state index in [0.29, 0.717) is 19.4 Å². The van der Waals surface area contributed by atoms with Crippen LogP contribution in [0.25, 0.3) is 0 Å². The Balaban J connectivity index is 2.26. The average molecular weight is 318 g/mol. The lowest BCUT2D eigenvalue weighted by Gasteiger charge is -2.30. The first kappa shape index (κ1) is 15.3. The summed E-state index contributed by atoms with van der Waals surface area (Å²) >= 11 is 5.96. The Morgan fingerprint density at radius 1 is 1.40 bits per heavy atom. The predicted octanol–water partition coefficient (Wildman–Crippen LogP) is 1.91. The van der Waals surface area contributed by atoms with Crippen LogP contribution in [0.4, 0.5) is 0 Å². The Bertz CT molecular complexity index is 602. The third-order valence-corrected chi connectivity index (χ3v) is 5.74. The molecule has 0 saturated carbocycles. The van der Waals surface area contributed by atoms with Crippen LogP contribution in [0.1, 0.15) is 12.8 Å². The van der Waals surface area contributed by atoms with E-state index in [2.05, 4.69) is 0 Å². The maximum Gasteiger partial charge on any atom is 0.309 e. The third-order valence-electron chi connectivity index (χ3n) is 3.37. The molecule has 0 bridgehead atoms. The van der Waals surface area contributed by atoms with Crippen LogP contribution in [-0.4, -0.2) is 38.9 Å². The number of methoxy groups -OCH3 is 1. The molecule has 1 fully saturated rings. The molecule has 2 rings (SSSR count). The van der Waals surface area contributed by atoms with Gasteiger partial charge in [-0.3, -0.25) is 4.79 Å². The number of benzene rings is 1. The van der Waals surface area contributed by atoms with Gasteiger partial charge in [0.2, 0.25) is 10.0 Å². The van der Waals surface area contributed by atoms with Gasteiger partial charge >= 0.3 is 5.97 Å². The summed E-state index contributed by atoms with van der Waals surface area (Å²) < 4.78 is 31.1. The second-order valence-electron chi connectivity index (χ2n) is 4.66. The zero-order valence-corrected chi connectivity index (χ0v) is 12.7. The molecule has 0 aliphatic carbocycles. The summed E-state index contributed by atoms with van der Waals surface area (Å²) in [5.74, 6) is -0.782. The van der Waals surface area contributed by atoms with Crippen LogP contribution in [0.15, 0.2) is 29.2 Å². The number of sulfonamides is 1. The molecule has 20 heavy (non-hydrogen) atoms.